The molecule has 8 heteroatoms. The summed E-state index contributed by atoms with van der Waals surface area (Å²) in [6.45, 7) is -0.191. The summed E-state index contributed by atoms with van der Waals surface area (Å²) in [7, 11) is -0.923. The third kappa shape index (κ3) is 4.75. The molecule has 21 heavy (non-hydrogen) atoms. The standard InChI is InChI=1S/C13H17N3O4S/c1-15-13(17)9-16-21(18,19)11-5-6-12(20-2)10(8-11)4-3-7-14/h5-6,8,16H,7,9,14H2,1-2H3,(H,15,17). The van der Waals surface area contributed by atoms with Gasteiger partial charge in [0.15, 0.2) is 0 Å². The van der Waals surface area contributed by atoms with Crippen molar-refractivity contribution in [3.8, 4) is 17.6 Å². The van der Waals surface area contributed by atoms with Crippen LogP contribution in [0, 0.1) is 11.8 Å². The monoisotopic (exact) mass is 311 g/mol. The molecule has 1 amide bonds. The van der Waals surface area contributed by atoms with Gasteiger partial charge >= 0.3 is 0 Å². The zero-order valence-electron chi connectivity index (χ0n) is 11.8. The highest BCUT2D eigenvalue weighted by atomic mass is 32.2. The van der Waals surface area contributed by atoms with Crippen molar-refractivity contribution in [3.05, 3.63) is 23.8 Å². The van der Waals surface area contributed by atoms with Gasteiger partial charge < -0.3 is 15.8 Å². The molecule has 1 aromatic rings. The van der Waals surface area contributed by atoms with Crippen molar-refractivity contribution in [1.82, 2.24) is 10.0 Å². The lowest BCUT2D eigenvalue weighted by molar-refractivity contribution is -0.119. The molecule has 114 valence electrons. The van der Waals surface area contributed by atoms with Gasteiger partial charge in [0, 0.05) is 7.05 Å². The maximum absolute atomic E-state index is 12.1. The molecule has 0 heterocycles. The number of nitrogens with two attached hydrogens (primary N) is 1. The fraction of sp³-hybridized carbons (Fsp3) is 0.308. The molecule has 0 spiro atoms. The van der Waals surface area contributed by atoms with E-state index in [2.05, 4.69) is 21.9 Å². The highest BCUT2D eigenvalue weighted by Crippen LogP contribution is 2.21. The zero-order valence-corrected chi connectivity index (χ0v) is 12.6. The van der Waals surface area contributed by atoms with Crippen LogP contribution >= 0.6 is 0 Å². The van der Waals surface area contributed by atoms with E-state index in [0.717, 1.165) is 0 Å². The summed E-state index contributed by atoms with van der Waals surface area (Å²) >= 11 is 0. The molecule has 0 unspecified atom stereocenters. The largest absolute Gasteiger partial charge is 0.495 e. The third-order valence-corrected chi connectivity index (χ3v) is 3.91. The van der Waals surface area contributed by atoms with Gasteiger partial charge in [-0.25, -0.2) is 13.1 Å². The predicted molar refractivity (Wildman–Crippen MR) is 78.2 cm³/mol. The lowest BCUT2D eigenvalue weighted by atomic mass is 10.2. The topological polar surface area (TPSA) is 111 Å². The van der Waals surface area contributed by atoms with Crippen LogP contribution in [0.1, 0.15) is 5.56 Å². The number of likely N-dealkylation sites (N-methyl/N-ethyl adjacent to an activating group) is 1. The Bertz CT molecular complexity index is 674. The zero-order chi connectivity index (χ0) is 15.9. The van der Waals surface area contributed by atoms with Crippen molar-refractivity contribution in [3.63, 3.8) is 0 Å². The minimum Gasteiger partial charge on any atom is -0.495 e. The Morgan fingerprint density at radius 2 is 2.14 bits per heavy atom. The Morgan fingerprint density at radius 3 is 2.71 bits per heavy atom. The van der Waals surface area contributed by atoms with Crippen molar-refractivity contribution in [2.45, 2.75) is 4.90 Å². The first-order valence-electron chi connectivity index (χ1n) is 6.02. The Hall–Kier alpha value is -2.08. The molecule has 0 aromatic heterocycles. The van der Waals surface area contributed by atoms with E-state index in [0.29, 0.717) is 11.3 Å². The summed E-state index contributed by atoms with van der Waals surface area (Å²) in [5.41, 5.74) is 5.71. The first-order valence-corrected chi connectivity index (χ1v) is 7.50. The molecule has 0 aliphatic rings. The van der Waals surface area contributed by atoms with Crippen molar-refractivity contribution < 1.29 is 17.9 Å². The number of methoxy groups -OCH3 is 1. The average Bonchev–Trinajstić information content (AvgIpc) is 2.50. The van der Waals surface area contributed by atoms with Gasteiger partial charge in [-0.3, -0.25) is 4.79 Å². The van der Waals surface area contributed by atoms with Gasteiger partial charge in [-0.1, -0.05) is 11.8 Å². The lowest BCUT2D eigenvalue weighted by Gasteiger charge is -2.09. The van der Waals surface area contributed by atoms with Crippen LogP contribution in [0.2, 0.25) is 0 Å². The van der Waals surface area contributed by atoms with Crippen LogP contribution in [-0.4, -0.2) is 41.6 Å². The molecule has 0 saturated heterocycles. The molecule has 7 nitrogen and oxygen atoms in total. The SMILES string of the molecule is CNC(=O)CNS(=O)(=O)c1ccc(OC)c(C#CCN)c1. The number of rotatable bonds is 5. The minimum atomic E-state index is -3.80. The molecule has 0 saturated carbocycles. The summed E-state index contributed by atoms with van der Waals surface area (Å²) in [6.07, 6.45) is 0. The van der Waals surface area contributed by atoms with Gasteiger partial charge in [0.1, 0.15) is 5.75 Å². The van der Waals surface area contributed by atoms with Crippen molar-refractivity contribution in [2.75, 3.05) is 27.2 Å². The van der Waals surface area contributed by atoms with Gasteiger partial charge in [0.2, 0.25) is 15.9 Å². The van der Waals surface area contributed by atoms with Crippen LogP contribution in [0.4, 0.5) is 0 Å². The number of sulfonamides is 1. The highest BCUT2D eigenvalue weighted by molar-refractivity contribution is 7.89. The first-order chi connectivity index (χ1) is 9.94. The fourth-order valence-corrected chi connectivity index (χ4v) is 2.44. The molecular formula is C13H17N3O4S. The molecule has 4 N–H and O–H groups in total. The Balaban J connectivity index is 3.10. The minimum absolute atomic E-state index is 0.00600. The molecule has 0 radical (unpaired) electrons. The summed E-state index contributed by atoms with van der Waals surface area (Å²) in [5.74, 6) is 5.39. The van der Waals surface area contributed by atoms with Gasteiger partial charge in [-0.2, -0.15) is 0 Å². The van der Waals surface area contributed by atoms with Crippen molar-refractivity contribution >= 4 is 15.9 Å². The third-order valence-electron chi connectivity index (χ3n) is 2.51. The number of benzene rings is 1. The smallest absolute Gasteiger partial charge is 0.241 e. The van der Waals surface area contributed by atoms with E-state index in [1.807, 2.05) is 0 Å². The Labute approximate surface area is 123 Å². The van der Waals surface area contributed by atoms with Crippen LogP contribution < -0.4 is 20.5 Å². The molecule has 0 aliphatic carbocycles. The maximum Gasteiger partial charge on any atom is 0.241 e. The number of ether oxygens (including phenoxy) is 1. The van der Waals surface area contributed by atoms with E-state index < -0.39 is 15.9 Å². The Kier molecular flexibility index (Phi) is 6.17. The van der Waals surface area contributed by atoms with E-state index in [-0.39, 0.29) is 18.0 Å². The summed E-state index contributed by atoms with van der Waals surface area (Å²) < 4.78 is 31.4. The number of hydrogen-bond acceptors (Lipinski definition) is 5. The van der Waals surface area contributed by atoms with Gasteiger partial charge in [-0.05, 0) is 18.2 Å². The number of hydrogen-bond donors (Lipinski definition) is 3. The van der Waals surface area contributed by atoms with E-state index in [9.17, 15) is 13.2 Å². The van der Waals surface area contributed by atoms with Crippen molar-refractivity contribution in [1.29, 1.82) is 0 Å². The number of nitrogens with one attached hydrogen (secondary N) is 2. The molecule has 1 rings (SSSR count). The van der Waals surface area contributed by atoms with E-state index in [1.165, 1.54) is 32.4 Å². The highest BCUT2D eigenvalue weighted by Gasteiger charge is 2.16. The van der Waals surface area contributed by atoms with E-state index in [1.54, 1.807) is 0 Å². The molecule has 0 aliphatic heterocycles. The molecular weight excluding hydrogens is 294 g/mol. The number of amides is 1. The van der Waals surface area contributed by atoms with Gasteiger partial charge in [0.05, 0.1) is 30.7 Å². The normalized spacial score (nSPS) is 10.4. The quantitative estimate of drug-likeness (QED) is 0.606. The van der Waals surface area contributed by atoms with Gasteiger partial charge in [0.25, 0.3) is 0 Å². The Morgan fingerprint density at radius 1 is 1.43 bits per heavy atom. The van der Waals surface area contributed by atoms with Gasteiger partial charge in [-0.15, -0.1) is 0 Å². The summed E-state index contributed by atoms with van der Waals surface area (Å²) in [5, 5.41) is 2.32. The molecule has 0 bridgehead atoms. The molecule has 0 atom stereocenters. The predicted octanol–water partition coefficient (Wildman–Crippen LogP) is -0.970. The van der Waals surface area contributed by atoms with E-state index in [4.69, 9.17) is 10.5 Å². The molecule has 0 fully saturated rings. The molecule has 1 aromatic carbocycles. The summed E-state index contributed by atoms with van der Waals surface area (Å²) in [4.78, 5) is 11.1. The van der Waals surface area contributed by atoms with Crippen LogP contribution in [0.25, 0.3) is 0 Å². The van der Waals surface area contributed by atoms with E-state index >= 15 is 0 Å². The second kappa shape index (κ2) is 7.64. The van der Waals surface area contributed by atoms with Crippen LogP contribution in [0.5, 0.6) is 5.75 Å². The first kappa shape index (κ1) is 17.0. The lowest BCUT2D eigenvalue weighted by Crippen LogP contribution is -2.35. The average molecular weight is 311 g/mol. The van der Waals surface area contributed by atoms with Crippen LogP contribution in [0.15, 0.2) is 23.1 Å². The second-order valence-corrected chi connectivity index (χ2v) is 5.63. The second-order valence-electron chi connectivity index (χ2n) is 3.87. The van der Waals surface area contributed by atoms with Crippen LogP contribution in [0.3, 0.4) is 0 Å². The van der Waals surface area contributed by atoms with Crippen molar-refractivity contribution in [2.24, 2.45) is 5.73 Å². The number of carbonyl (C=O) groups excluding carboxylic acids is 1. The summed E-state index contributed by atoms with van der Waals surface area (Å²) in [6, 6.07) is 4.24. The van der Waals surface area contributed by atoms with Crippen LogP contribution in [-0.2, 0) is 14.8 Å². The maximum atomic E-state index is 12.1. The fourth-order valence-electron chi connectivity index (χ4n) is 1.43. The number of carbonyl (C=O) groups is 1.